The van der Waals surface area contributed by atoms with Crippen LogP contribution in [-0.2, 0) is 6.54 Å². The number of nitro groups is 1. The van der Waals surface area contributed by atoms with Crippen molar-refractivity contribution in [2.75, 3.05) is 5.32 Å². The molecule has 0 bridgehead atoms. The molecule has 0 saturated carbocycles. The number of nitrogens with one attached hydrogen (secondary N) is 1. The highest BCUT2D eigenvalue weighted by molar-refractivity contribution is 8.01. The first kappa shape index (κ1) is 16.3. The number of hydrogen-bond acceptors (Lipinski definition) is 8. The third kappa shape index (κ3) is 4.24. The molecule has 2 heterocycles. The minimum atomic E-state index is -0.496. The summed E-state index contributed by atoms with van der Waals surface area (Å²) in [7, 11) is 0. The van der Waals surface area contributed by atoms with Crippen molar-refractivity contribution in [1.29, 1.82) is 0 Å². The zero-order valence-corrected chi connectivity index (χ0v) is 13.7. The van der Waals surface area contributed by atoms with Crippen LogP contribution in [0.1, 0.15) is 5.56 Å². The summed E-state index contributed by atoms with van der Waals surface area (Å²) in [6.45, 7) is 0.509. The molecule has 10 heteroatoms. The number of anilines is 1. The van der Waals surface area contributed by atoms with Gasteiger partial charge in [0.2, 0.25) is 5.13 Å². The van der Waals surface area contributed by atoms with E-state index < -0.39 is 4.92 Å². The number of nitrogens with zero attached hydrogens (tertiary/aromatic N) is 4. The Labute approximate surface area is 144 Å². The zero-order valence-electron chi connectivity index (χ0n) is 12.0. The second-order valence-electron chi connectivity index (χ2n) is 4.57. The van der Waals surface area contributed by atoms with Crippen molar-refractivity contribution >= 4 is 33.9 Å². The second kappa shape index (κ2) is 7.32. The smallest absolute Gasteiger partial charge is 0.287 e. The Morgan fingerprint density at radius 1 is 1.21 bits per heavy atom. The van der Waals surface area contributed by atoms with Gasteiger partial charge in [-0.2, -0.15) is 0 Å². The summed E-state index contributed by atoms with van der Waals surface area (Å²) in [4.78, 5) is 14.1. The molecule has 1 aromatic carbocycles. The molecule has 0 radical (unpaired) electrons. The molecule has 0 unspecified atom stereocenters. The van der Waals surface area contributed by atoms with Crippen molar-refractivity contribution in [3.63, 3.8) is 0 Å². The molecule has 122 valence electrons. The van der Waals surface area contributed by atoms with Gasteiger partial charge >= 0.3 is 0 Å². The van der Waals surface area contributed by atoms with E-state index in [0.717, 1.165) is 5.56 Å². The monoisotopic (exact) mass is 363 g/mol. The van der Waals surface area contributed by atoms with E-state index in [4.69, 9.17) is 0 Å². The highest BCUT2D eigenvalue weighted by atomic mass is 32.2. The van der Waals surface area contributed by atoms with Gasteiger partial charge in [-0.3, -0.25) is 10.1 Å². The van der Waals surface area contributed by atoms with Gasteiger partial charge in [-0.25, -0.2) is 9.37 Å². The van der Waals surface area contributed by atoms with E-state index in [9.17, 15) is 14.5 Å². The molecule has 0 fully saturated rings. The normalized spacial score (nSPS) is 10.5. The van der Waals surface area contributed by atoms with Crippen LogP contribution in [0.3, 0.4) is 0 Å². The first-order valence-electron chi connectivity index (χ1n) is 6.70. The number of halogens is 1. The van der Waals surface area contributed by atoms with E-state index in [1.165, 1.54) is 47.5 Å². The summed E-state index contributed by atoms with van der Waals surface area (Å²) >= 11 is 2.62. The lowest BCUT2D eigenvalue weighted by atomic mass is 10.2. The number of hydrogen-bond donors (Lipinski definition) is 1. The molecule has 3 rings (SSSR count). The Morgan fingerprint density at radius 2 is 2.00 bits per heavy atom. The summed E-state index contributed by atoms with van der Waals surface area (Å²) in [5, 5.41) is 23.0. The Morgan fingerprint density at radius 3 is 2.67 bits per heavy atom. The average Bonchev–Trinajstić information content (AvgIpc) is 3.02. The minimum Gasteiger partial charge on any atom is -0.356 e. The predicted octanol–water partition coefficient (Wildman–Crippen LogP) is 3.74. The number of rotatable bonds is 6. The maximum Gasteiger partial charge on any atom is 0.287 e. The minimum absolute atomic E-state index is 0.0572. The predicted molar refractivity (Wildman–Crippen MR) is 88.7 cm³/mol. The number of pyridine rings is 1. The Hall–Kier alpha value is -2.59. The fourth-order valence-electron chi connectivity index (χ4n) is 1.73. The van der Waals surface area contributed by atoms with Gasteiger partial charge < -0.3 is 5.32 Å². The fourth-order valence-corrected chi connectivity index (χ4v) is 3.37. The van der Waals surface area contributed by atoms with Crippen LogP contribution in [0.25, 0.3) is 0 Å². The highest BCUT2D eigenvalue weighted by Crippen LogP contribution is 2.31. The van der Waals surface area contributed by atoms with E-state index in [-0.39, 0.29) is 11.5 Å². The van der Waals surface area contributed by atoms with Gasteiger partial charge in [-0.1, -0.05) is 23.5 Å². The van der Waals surface area contributed by atoms with E-state index in [1.54, 1.807) is 18.2 Å². The molecule has 0 aliphatic heterocycles. The maximum absolute atomic E-state index is 12.8. The molecule has 0 spiro atoms. The molecular weight excluding hydrogens is 353 g/mol. The molecule has 24 heavy (non-hydrogen) atoms. The SMILES string of the molecule is O=[N+]([O-])c1ccc(Sc2nnc(NCc3ccc(F)cc3)s2)nc1. The summed E-state index contributed by atoms with van der Waals surface area (Å²) in [5.41, 5.74) is 0.871. The van der Waals surface area contributed by atoms with Crippen LogP contribution < -0.4 is 5.32 Å². The van der Waals surface area contributed by atoms with Crippen molar-refractivity contribution in [1.82, 2.24) is 15.2 Å². The third-order valence-electron chi connectivity index (χ3n) is 2.89. The molecule has 3 aromatic rings. The van der Waals surface area contributed by atoms with Gasteiger partial charge in [0.15, 0.2) is 4.34 Å². The Balaban J connectivity index is 1.58. The Kier molecular flexibility index (Phi) is 4.96. The van der Waals surface area contributed by atoms with Gasteiger partial charge in [-0.15, -0.1) is 10.2 Å². The van der Waals surface area contributed by atoms with E-state index >= 15 is 0 Å². The highest BCUT2D eigenvalue weighted by Gasteiger charge is 2.09. The van der Waals surface area contributed by atoms with Crippen molar-refractivity contribution in [2.45, 2.75) is 15.9 Å². The Bertz CT molecular complexity index is 839. The van der Waals surface area contributed by atoms with E-state index in [1.807, 2.05) is 0 Å². The molecule has 0 saturated heterocycles. The van der Waals surface area contributed by atoms with E-state index in [0.29, 0.717) is 21.0 Å². The van der Waals surface area contributed by atoms with Crippen LogP contribution in [0.4, 0.5) is 15.2 Å². The quantitative estimate of drug-likeness (QED) is 0.526. The third-order valence-corrected chi connectivity index (χ3v) is 4.77. The van der Waals surface area contributed by atoms with Gasteiger partial charge in [0.1, 0.15) is 17.0 Å². The number of aromatic nitrogens is 3. The summed E-state index contributed by atoms with van der Waals surface area (Å²) < 4.78 is 13.5. The van der Waals surface area contributed by atoms with Crippen LogP contribution in [-0.4, -0.2) is 20.1 Å². The largest absolute Gasteiger partial charge is 0.356 e. The first-order valence-corrected chi connectivity index (χ1v) is 8.33. The maximum atomic E-state index is 12.8. The van der Waals surface area contributed by atoms with Crippen molar-refractivity contribution < 1.29 is 9.31 Å². The second-order valence-corrected chi connectivity index (χ2v) is 6.81. The van der Waals surface area contributed by atoms with Crippen LogP contribution >= 0.6 is 23.1 Å². The number of benzene rings is 1. The van der Waals surface area contributed by atoms with Crippen LogP contribution in [0.15, 0.2) is 52.0 Å². The summed E-state index contributed by atoms with van der Waals surface area (Å²) in [6, 6.07) is 9.15. The van der Waals surface area contributed by atoms with Gasteiger partial charge in [-0.05, 0) is 35.5 Å². The van der Waals surface area contributed by atoms with Crippen molar-refractivity contribution in [3.8, 4) is 0 Å². The molecule has 0 amide bonds. The van der Waals surface area contributed by atoms with Crippen molar-refractivity contribution in [2.24, 2.45) is 0 Å². The van der Waals surface area contributed by atoms with Crippen LogP contribution in [0.2, 0.25) is 0 Å². The van der Waals surface area contributed by atoms with Gasteiger partial charge in [0, 0.05) is 12.6 Å². The fraction of sp³-hybridized carbons (Fsp3) is 0.0714. The van der Waals surface area contributed by atoms with Gasteiger partial charge in [0.25, 0.3) is 5.69 Å². The molecule has 0 atom stereocenters. The lowest BCUT2D eigenvalue weighted by Gasteiger charge is -2.01. The lowest BCUT2D eigenvalue weighted by molar-refractivity contribution is -0.385. The molecular formula is C14H10FN5O2S2. The lowest BCUT2D eigenvalue weighted by Crippen LogP contribution is -1.98. The molecule has 0 aliphatic carbocycles. The summed E-state index contributed by atoms with van der Waals surface area (Å²) in [6.07, 6.45) is 1.21. The first-order chi connectivity index (χ1) is 11.6. The van der Waals surface area contributed by atoms with E-state index in [2.05, 4.69) is 20.5 Å². The summed E-state index contributed by atoms with van der Waals surface area (Å²) in [5.74, 6) is -0.274. The van der Waals surface area contributed by atoms with Crippen LogP contribution in [0, 0.1) is 15.9 Å². The molecule has 7 nitrogen and oxygen atoms in total. The van der Waals surface area contributed by atoms with Gasteiger partial charge in [0.05, 0.1) is 4.92 Å². The van der Waals surface area contributed by atoms with Crippen molar-refractivity contribution in [3.05, 3.63) is 64.1 Å². The van der Waals surface area contributed by atoms with Crippen LogP contribution in [0.5, 0.6) is 0 Å². The zero-order chi connectivity index (χ0) is 16.9. The average molecular weight is 363 g/mol. The molecule has 0 aliphatic rings. The topological polar surface area (TPSA) is 93.8 Å². The standard InChI is InChI=1S/C14H10FN5O2S2/c15-10-3-1-9(2-4-10)7-17-13-18-19-14(24-13)23-12-6-5-11(8-16-12)20(21)22/h1-6,8H,7H2,(H,17,18). The molecule has 1 N–H and O–H groups in total. The molecule has 2 aromatic heterocycles.